The van der Waals surface area contributed by atoms with Crippen LogP contribution in [-0.2, 0) is 58.4 Å². The van der Waals surface area contributed by atoms with Gasteiger partial charge in [-0.05, 0) is 82.6 Å². The first-order chi connectivity index (χ1) is 39.0. The van der Waals surface area contributed by atoms with Crippen molar-refractivity contribution in [3.05, 3.63) is 228 Å². The maximum atomic E-state index is 13.6. The minimum Gasteiger partial charge on any atom is -0.184 e. The van der Waals surface area contributed by atoms with Crippen molar-refractivity contribution in [2.24, 2.45) is 0 Å². The molecule has 422 valence electrons. The summed E-state index contributed by atoms with van der Waals surface area (Å²) in [6.07, 6.45) is -14.2. The van der Waals surface area contributed by atoms with Gasteiger partial charge in [0.05, 0.1) is 31.8 Å². The van der Waals surface area contributed by atoms with E-state index in [-0.39, 0.29) is 23.3 Å². The molecule has 1 aliphatic rings. The monoisotopic (exact) mass is 1260 g/mol. The van der Waals surface area contributed by atoms with Crippen LogP contribution in [0.2, 0.25) is 0 Å². The van der Waals surface area contributed by atoms with E-state index < -0.39 is 67.8 Å². The minimum atomic E-state index is -4.91. The van der Waals surface area contributed by atoms with E-state index in [4.69, 9.17) is 17.0 Å². The van der Waals surface area contributed by atoms with E-state index in [2.05, 4.69) is 56.3 Å². The van der Waals surface area contributed by atoms with Gasteiger partial charge < -0.3 is 0 Å². The van der Waals surface area contributed by atoms with Crippen molar-refractivity contribution in [3.63, 3.8) is 0 Å². The quantitative estimate of drug-likeness (QED) is 0.0727. The molecule has 0 unspecified atom stereocenters. The predicted octanol–water partition coefficient (Wildman–Crippen LogP) is 21.0. The van der Waals surface area contributed by atoms with Crippen LogP contribution in [0.5, 0.6) is 0 Å². The fourth-order valence-electron chi connectivity index (χ4n) is 10.0. The molecule has 10 aromatic carbocycles. The molecule has 1 heterocycles. The van der Waals surface area contributed by atoms with Gasteiger partial charge in [0.2, 0.25) is 0 Å². The Morgan fingerprint density at radius 2 is 0.805 bits per heavy atom. The Bertz CT molecular complexity index is 3450. The van der Waals surface area contributed by atoms with Gasteiger partial charge in [0, 0.05) is 0 Å². The standard InChI is InChI=1S/2C27H21F6.C12H7Si.2ClH.Zr/c2*1-2-3-7-17-12-19-10-11-23(18-8-5-4-6-9-18)25(24(19)13-17)20-14-21(26(28,29)30)16-22(15-20)27(31,32)33;1-3-7-11-9(5-1)10-6-2-4-8-12(10)13-11;;;/h2*4-6,8-16H,2-3,7H2,1H3;1-7H;2*1H;/q3*-1;;;+2/p-2. The Hall–Kier alpha value is -6.18. The van der Waals surface area contributed by atoms with Crippen LogP contribution in [0.15, 0.2) is 188 Å². The topological polar surface area (TPSA) is 0 Å². The SMILES string of the molecule is CCCCc1cc2c(-c3cc(C(F)(F)F)cc(C(F)(F)F)c3)c(-c3ccccc3)ccc2[cH-]1.CCCCc1cc2c(-c3cc(C(F)(F)F)cc(C(F)(F)F)c3)c(-c3ccccc3)ccc2[cH-]1.[Cl][Zr][Cl].[c-]1cccc2c1[Si]c1ccccc1-2. The number of alkyl halides is 12. The predicted molar refractivity (Wildman–Crippen MR) is 306 cm³/mol. The normalized spacial score (nSPS) is 12.1. The van der Waals surface area contributed by atoms with Crippen molar-refractivity contribution < 1.29 is 73.5 Å². The fraction of sp³-hybridized carbons (Fsp3) is 0.182. The summed E-state index contributed by atoms with van der Waals surface area (Å²) >= 11 is -0.826. The molecule has 0 N–H and O–H groups in total. The van der Waals surface area contributed by atoms with Crippen molar-refractivity contribution in [1.29, 1.82) is 0 Å². The molecule has 0 nitrogen and oxygen atoms in total. The van der Waals surface area contributed by atoms with Crippen molar-refractivity contribution in [1.82, 2.24) is 0 Å². The third-order valence-corrected chi connectivity index (χ3v) is 15.2. The number of fused-ring (bicyclic) bond motifs is 5. The molecule has 82 heavy (non-hydrogen) atoms. The first kappa shape index (κ1) is 61.9. The second-order valence-electron chi connectivity index (χ2n) is 19.4. The van der Waals surface area contributed by atoms with Gasteiger partial charge in [0.15, 0.2) is 0 Å². The molecule has 0 bridgehead atoms. The van der Waals surface area contributed by atoms with Crippen molar-refractivity contribution in [3.8, 4) is 55.6 Å². The largest absolute Gasteiger partial charge is 0.184 e. The first-order valence-electron chi connectivity index (χ1n) is 26.0. The molecule has 1 aliphatic heterocycles. The number of aryl methyl sites for hydroxylation is 2. The van der Waals surface area contributed by atoms with Crippen LogP contribution in [0.4, 0.5) is 52.7 Å². The van der Waals surface area contributed by atoms with E-state index in [1.807, 2.05) is 42.5 Å². The number of benzene rings is 8. The van der Waals surface area contributed by atoms with Crippen LogP contribution >= 0.6 is 17.0 Å². The third kappa shape index (κ3) is 14.9. The zero-order valence-corrected chi connectivity index (χ0v) is 48.9. The average molecular weight is 1260 g/mol. The summed E-state index contributed by atoms with van der Waals surface area (Å²) in [5.74, 6) is 0. The Labute approximate surface area is 489 Å². The summed E-state index contributed by atoms with van der Waals surface area (Å²) in [7, 11) is 10.7. The molecule has 0 spiro atoms. The number of unbranched alkanes of at least 4 members (excludes halogenated alkanes) is 2. The molecule has 0 amide bonds. The third-order valence-electron chi connectivity index (χ3n) is 13.8. The van der Waals surface area contributed by atoms with Gasteiger partial charge in [-0.25, -0.2) is 0 Å². The van der Waals surface area contributed by atoms with E-state index in [9.17, 15) is 52.7 Å². The molecule has 0 fully saturated rings. The van der Waals surface area contributed by atoms with Gasteiger partial charge in [-0.1, -0.05) is 158 Å². The molecular weight excluding hydrogens is 1210 g/mol. The Kier molecular flexibility index (Phi) is 20.1. The second kappa shape index (κ2) is 26.6. The van der Waals surface area contributed by atoms with E-state index >= 15 is 0 Å². The van der Waals surface area contributed by atoms with Gasteiger partial charge >= 0.3 is 62.6 Å². The van der Waals surface area contributed by atoms with Crippen LogP contribution in [0.25, 0.3) is 77.2 Å². The first-order valence-corrected chi connectivity index (χ1v) is 33.3. The average Bonchev–Trinajstić information content (AvgIpc) is 4.33. The molecule has 0 aliphatic carbocycles. The van der Waals surface area contributed by atoms with Gasteiger partial charge in [0.1, 0.15) is 0 Å². The number of hydrogen-bond acceptors (Lipinski definition) is 0. The van der Waals surface area contributed by atoms with Crippen LogP contribution in [0.1, 0.15) is 72.9 Å². The van der Waals surface area contributed by atoms with Crippen LogP contribution in [0.3, 0.4) is 0 Å². The molecular formula is C66H49Cl2F12SiZr-3. The van der Waals surface area contributed by atoms with Crippen LogP contribution in [-0.4, -0.2) is 9.52 Å². The minimum absolute atomic E-state index is 0.103. The summed E-state index contributed by atoms with van der Waals surface area (Å²) < 4.78 is 163. The Balaban J connectivity index is 0.000000169. The van der Waals surface area contributed by atoms with Gasteiger partial charge in [-0.3, -0.25) is 0 Å². The summed E-state index contributed by atoms with van der Waals surface area (Å²) in [5, 5.41) is 5.71. The molecule has 11 rings (SSSR count). The van der Waals surface area contributed by atoms with Crippen LogP contribution < -0.4 is 10.4 Å². The molecule has 16 heteroatoms. The fourth-order valence-corrected chi connectivity index (χ4v) is 11.3. The second-order valence-corrected chi connectivity index (χ2v) is 24.5. The number of rotatable bonds is 10. The zero-order valence-electron chi connectivity index (χ0n) is 43.9. The van der Waals surface area contributed by atoms with Crippen LogP contribution in [0, 0.1) is 6.07 Å². The van der Waals surface area contributed by atoms with Gasteiger partial charge in [-0.2, -0.15) is 94.3 Å². The molecule has 0 saturated heterocycles. The van der Waals surface area contributed by atoms with E-state index in [1.165, 1.54) is 21.5 Å². The maximum absolute atomic E-state index is 13.6. The summed E-state index contributed by atoms with van der Waals surface area (Å²) in [6.45, 7) is 4.12. The van der Waals surface area contributed by atoms with E-state index in [0.717, 1.165) is 105 Å². The smallest absolute Gasteiger partial charge is 0.0920 e. The van der Waals surface area contributed by atoms with E-state index in [0.29, 0.717) is 33.0 Å². The molecule has 2 radical (unpaired) electrons. The molecule has 0 atom stereocenters. The summed E-state index contributed by atoms with van der Waals surface area (Å²) in [4.78, 5) is 0. The molecule has 10 aromatic rings. The van der Waals surface area contributed by atoms with Crippen molar-refractivity contribution in [2.75, 3.05) is 0 Å². The van der Waals surface area contributed by atoms with Crippen molar-refractivity contribution >= 4 is 58.5 Å². The maximum Gasteiger partial charge on any atom is 0.0920 e. The molecule has 0 saturated carbocycles. The van der Waals surface area contributed by atoms with E-state index in [1.54, 1.807) is 72.8 Å². The summed E-state index contributed by atoms with van der Waals surface area (Å²) in [6, 6.07) is 54.7. The zero-order chi connectivity index (χ0) is 59.0. The Morgan fingerprint density at radius 3 is 1.20 bits per heavy atom. The van der Waals surface area contributed by atoms with Crippen molar-refractivity contribution in [2.45, 2.75) is 77.1 Å². The summed E-state index contributed by atoms with van der Waals surface area (Å²) in [5.41, 5.74) is 2.68. The van der Waals surface area contributed by atoms with Gasteiger partial charge in [0.25, 0.3) is 0 Å². The molecule has 0 aromatic heterocycles. The number of hydrogen-bond donors (Lipinski definition) is 0. The number of halogens is 14. The van der Waals surface area contributed by atoms with Gasteiger partial charge in [-0.15, -0.1) is 62.5 Å². The Morgan fingerprint density at radius 1 is 0.427 bits per heavy atom.